The third-order valence-electron chi connectivity index (χ3n) is 4.05. The number of carbonyl (C=O) groups is 2. The standard InChI is InChI=1S/C17H18FN3O5/c18-12-6-4-11(5-7-12)16-19-14(26-20-16)2-1-3-15(22)21-8-9-25-13(10-21)17(23)24/h4-7,13H,1-3,8-10H2,(H,23,24)/t13-/m0/s1. The van der Waals surface area contributed by atoms with E-state index < -0.39 is 12.1 Å². The first-order valence-corrected chi connectivity index (χ1v) is 8.23. The Morgan fingerprint density at radius 3 is 2.81 bits per heavy atom. The first-order valence-electron chi connectivity index (χ1n) is 8.23. The van der Waals surface area contributed by atoms with Crippen molar-refractivity contribution in [2.24, 2.45) is 0 Å². The molecule has 2 aromatic rings. The Morgan fingerprint density at radius 1 is 1.31 bits per heavy atom. The van der Waals surface area contributed by atoms with Crippen molar-refractivity contribution in [3.63, 3.8) is 0 Å². The van der Waals surface area contributed by atoms with Gasteiger partial charge in [-0.15, -0.1) is 0 Å². The van der Waals surface area contributed by atoms with Crippen molar-refractivity contribution in [1.29, 1.82) is 0 Å². The van der Waals surface area contributed by atoms with Crippen LogP contribution in [0.25, 0.3) is 11.4 Å². The number of aryl methyl sites for hydroxylation is 1. The zero-order chi connectivity index (χ0) is 18.5. The Kier molecular flexibility index (Phi) is 5.57. The van der Waals surface area contributed by atoms with Crippen LogP contribution in [0.15, 0.2) is 28.8 Å². The summed E-state index contributed by atoms with van der Waals surface area (Å²) in [5, 5.41) is 12.8. The number of hydrogen-bond donors (Lipinski definition) is 1. The summed E-state index contributed by atoms with van der Waals surface area (Å²) in [5.74, 6) is -0.782. The number of rotatable bonds is 6. The van der Waals surface area contributed by atoms with E-state index in [-0.39, 0.29) is 31.3 Å². The molecule has 0 spiro atoms. The summed E-state index contributed by atoms with van der Waals surface area (Å²) in [6.07, 6.45) is 0.202. The van der Waals surface area contributed by atoms with E-state index in [0.29, 0.717) is 36.7 Å². The second kappa shape index (κ2) is 8.05. The summed E-state index contributed by atoms with van der Waals surface area (Å²) in [7, 11) is 0. The van der Waals surface area contributed by atoms with E-state index in [1.54, 1.807) is 12.1 Å². The number of morpholine rings is 1. The first kappa shape index (κ1) is 18.0. The summed E-state index contributed by atoms with van der Waals surface area (Å²) in [6.45, 7) is 0.661. The van der Waals surface area contributed by atoms with Gasteiger partial charge in [-0.1, -0.05) is 5.16 Å². The summed E-state index contributed by atoms with van der Waals surface area (Å²) in [5.41, 5.74) is 0.644. The van der Waals surface area contributed by atoms with Crippen molar-refractivity contribution in [2.75, 3.05) is 19.7 Å². The topological polar surface area (TPSA) is 106 Å². The SMILES string of the molecule is O=C(O)[C@@H]1CN(C(=O)CCCc2nc(-c3ccc(F)cc3)no2)CCO1. The van der Waals surface area contributed by atoms with E-state index in [0.717, 1.165) is 0 Å². The average Bonchev–Trinajstić information content (AvgIpc) is 3.11. The minimum Gasteiger partial charge on any atom is -0.479 e. The first-order chi connectivity index (χ1) is 12.5. The summed E-state index contributed by atoms with van der Waals surface area (Å²) < 4.78 is 23.2. The van der Waals surface area contributed by atoms with Gasteiger partial charge in [0.2, 0.25) is 17.6 Å². The molecule has 1 fully saturated rings. The lowest BCUT2D eigenvalue weighted by atomic mass is 10.2. The van der Waals surface area contributed by atoms with E-state index >= 15 is 0 Å². The third-order valence-corrected chi connectivity index (χ3v) is 4.05. The van der Waals surface area contributed by atoms with Gasteiger partial charge in [0.15, 0.2) is 6.10 Å². The fourth-order valence-electron chi connectivity index (χ4n) is 2.65. The molecule has 2 heterocycles. The molecule has 138 valence electrons. The predicted octanol–water partition coefficient (Wildman–Crippen LogP) is 1.51. The van der Waals surface area contributed by atoms with Crippen LogP contribution in [0.5, 0.6) is 0 Å². The van der Waals surface area contributed by atoms with E-state index in [1.807, 2.05) is 0 Å². The number of halogens is 1. The number of hydrogen-bond acceptors (Lipinski definition) is 6. The van der Waals surface area contributed by atoms with Gasteiger partial charge >= 0.3 is 5.97 Å². The third kappa shape index (κ3) is 4.42. The number of aromatic nitrogens is 2. The van der Waals surface area contributed by atoms with Crippen molar-refractivity contribution in [3.8, 4) is 11.4 Å². The largest absolute Gasteiger partial charge is 0.479 e. The van der Waals surface area contributed by atoms with Gasteiger partial charge < -0.3 is 19.3 Å². The minimum absolute atomic E-state index is 0.0590. The molecule has 0 saturated carbocycles. The maximum atomic E-state index is 12.9. The van der Waals surface area contributed by atoms with Gasteiger partial charge in [0.05, 0.1) is 13.2 Å². The predicted molar refractivity (Wildman–Crippen MR) is 86.6 cm³/mol. The molecule has 0 bridgehead atoms. The maximum Gasteiger partial charge on any atom is 0.334 e. The quantitative estimate of drug-likeness (QED) is 0.829. The molecule has 1 aromatic carbocycles. The van der Waals surface area contributed by atoms with Gasteiger partial charge in [-0.25, -0.2) is 9.18 Å². The van der Waals surface area contributed by atoms with Crippen LogP contribution >= 0.6 is 0 Å². The minimum atomic E-state index is -1.07. The van der Waals surface area contributed by atoms with Crippen molar-refractivity contribution in [1.82, 2.24) is 15.0 Å². The molecule has 26 heavy (non-hydrogen) atoms. The average molecular weight is 363 g/mol. The van der Waals surface area contributed by atoms with Gasteiger partial charge in [0, 0.05) is 24.9 Å². The van der Waals surface area contributed by atoms with E-state index in [9.17, 15) is 14.0 Å². The fourth-order valence-corrected chi connectivity index (χ4v) is 2.65. The molecule has 8 nitrogen and oxygen atoms in total. The molecule has 1 saturated heterocycles. The number of carbonyl (C=O) groups excluding carboxylic acids is 1. The van der Waals surface area contributed by atoms with Crippen LogP contribution in [-0.4, -0.2) is 57.8 Å². The van der Waals surface area contributed by atoms with Gasteiger partial charge in [-0.3, -0.25) is 4.79 Å². The molecule has 9 heteroatoms. The molecule has 0 radical (unpaired) electrons. The Morgan fingerprint density at radius 2 is 2.08 bits per heavy atom. The highest BCUT2D eigenvalue weighted by Crippen LogP contribution is 2.17. The molecule has 0 unspecified atom stereocenters. The lowest BCUT2D eigenvalue weighted by Crippen LogP contribution is -2.48. The molecule has 1 amide bonds. The van der Waals surface area contributed by atoms with Crippen molar-refractivity contribution < 1.29 is 28.3 Å². The Bertz CT molecular complexity index is 777. The summed E-state index contributed by atoms with van der Waals surface area (Å²) in [4.78, 5) is 28.9. The van der Waals surface area contributed by atoms with E-state index in [4.69, 9.17) is 14.4 Å². The second-order valence-corrected chi connectivity index (χ2v) is 5.91. The smallest absolute Gasteiger partial charge is 0.334 e. The monoisotopic (exact) mass is 363 g/mol. The van der Waals surface area contributed by atoms with Gasteiger partial charge in [-0.05, 0) is 30.7 Å². The fraction of sp³-hybridized carbons (Fsp3) is 0.412. The van der Waals surface area contributed by atoms with Crippen LogP contribution in [0.1, 0.15) is 18.7 Å². The van der Waals surface area contributed by atoms with Crippen LogP contribution in [0, 0.1) is 5.82 Å². The number of carboxylic acid groups (broad SMARTS) is 1. The number of benzene rings is 1. The highest BCUT2D eigenvalue weighted by atomic mass is 19.1. The Labute approximate surface area is 148 Å². The molecule has 1 aliphatic heterocycles. The molecule has 1 N–H and O–H groups in total. The summed E-state index contributed by atoms with van der Waals surface area (Å²) in [6, 6.07) is 5.75. The van der Waals surface area contributed by atoms with E-state index in [1.165, 1.54) is 17.0 Å². The van der Waals surface area contributed by atoms with Crippen LogP contribution in [0.2, 0.25) is 0 Å². The van der Waals surface area contributed by atoms with Gasteiger partial charge in [-0.2, -0.15) is 4.98 Å². The van der Waals surface area contributed by atoms with Crippen LogP contribution in [-0.2, 0) is 20.7 Å². The number of amides is 1. The zero-order valence-electron chi connectivity index (χ0n) is 13.9. The van der Waals surface area contributed by atoms with Gasteiger partial charge in [0.1, 0.15) is 5.82 Å². The molecular formula is C17H18FN3O5. The number of nitrogens with zero attached hydrogens (tertiary/aromatic N) is 3. The lowest BCUT2D eigenvalue weighted by molar-refractivity contribution is -0.159. The highest BCUT2D eigenvalue weighted by molar-refractivity contribution is 5.78. The zero-order valence-corrected chi connectivity index (χ0v) is 13.9. The van der Waals surface area contributed by atoms with Crippen LogP contribution in [0.3, 0.4) is 0 Å². The molecule has 1 aliphatic rings. The normalized spacial score (nSPS) is 17.3. The van der Waals surface area contributed by atoms with Crippen molar-refractivity contribution in [2.45, 2.75) is 25.4 Å². The number of aliphatic carboxylic acids is 1. The maximum absolute atomic E-state index is 12.9. The Balaban J connectivity index is 1.48. The molecular weight excluding hydrogens is 345 g/mol. The summed E-state index contributed by atoms with van der Waals surface area (Å²) >= 11 is 0. The molecule has 3 rings (SSSR count). The number of carboxylic acids is 1. The van der Waals surface area contributed by atoms with Crippen LogP contribution in [0.4, 0.5) is 4.39 Å². The van der Waals surface area contributed by atoms with Crippen LogP contribution < -0.4 is 0 Å². The Hall–Kier alpha value is -2.81. The molecule has 1 atom stereocenters. The van der Waals surface area contributed by atoms with Crippen molar-refractivity contribution in [3.05, 3.63) is 36.0 Å². The van der Waals surface area contributed by atoms with Gasteiger partial charge in [0.25, 0.3) is 0 Å². The lowest BCUT2D eigenvalue weighted by Gasteiger charge is -2.30. The molecule has 1 aromatic heterocycles. The highest BCUT2D eigenvalue weighted by Gasteiger charge is 2.28. The van der Waals surface area contributed by atoms with Crippen molar-refractivity contribution >= 4 is 11.9 Å². The van der Waals surface area contributed by atoms with E-state index in [2.05, 4.69) is 10.1 Å². The second-order valence-electron chi connectivity index (χ2n) is 5.91. The number of ether oxygens (including phenoxy) is 1. The molecule has 0 aliphatic carbocycles.